The maximum Gasteiger partial charge on any atom is 0.195 e. The topological polar surface area (TPSA) is 54.4 Å². The highest BCUT2D eigenvalue weighted by molar-refractivity contribution is 6.06. The quantitative estimate of drug-likeness (QED) is 0.125. The predicted molar refractivity (Wildman–Crippen MR) is 169 cm³/mol. The van der Waals surface area contributed by atoms with Gasteiger partial charge in [-0.25, -0.2) is 0 Å². The van der Waals surface area contributed by atoms with E-state index in [0.29, 0.717) is 24.3 Å². The summed E-state index contributed by atoms with van der Waals surface area (Å²) < 4.78 is 0. The van der Waals surface area contributed by atoms with Gasteiger partial charge in [0.2, 0.25) is 0 Å². The van der Waals surface area contributed by atoms with Crippen molar-refractivity contribution in [1.29, 1.82) is 0 Å². The highest BCUT2D eigenvalue weighted by atomic mass is 16.3. The molecule has 0 saturated carbocycles. The van der Waals surface area contributed by atoms with E-state index < -0.39 is 11.0 Å². The van der Waals surface area contributed by atoms with E-state index >= 15 is 0 Å². The standard InChI is InChI=1S/C37H56O3/c1-6-7-8-9-10-11-12-13-14-15-16-17-21-24-34(38)36(4,29-31-22-19-18-20-23-31)37(5,40)35(39)33-27-25-32(26-28-33)30(2)3/h18-20,22-23,25-28,30,40H,6-17,21,24,29H2,1-5H3. The zero-order chi connectivity index (χ0) is 29.4. The lowest BCUT2D eigenvalue weighted by Crippen LogP contribution is -2.56. The lowest BCUT2D eigenvalue weighted by Gasteiger charge is -2.41. The highest BCUT2D eigenvalue weighted by Gasteiger charge is 2.53. The summed E-state index contributed by atoms with van der Waals surface area (Å²) in [7, 11) is 0. The average Bonchev–Trinajstić information content (AvgIpc) is 2.95. The molecule has 2 aromatic rings. The molecule has 0 amide bonds. The number of benzene rings is 2. The smallest absolute Gasteiger partial charge is 0.195 e. The van der Waals surface area contributed by atoms with E-state index in [1.54, 1.807) is 19.1 Å². The molecule has 2 unspecified atom stereocenters. The maximum atomic E-state index is 13.8. The first-order chi connectivity index (χ1) is 19.1. The van der Waals surface area contributed by atoms with Crippen LogP contribution in [-0.2, 0) is 11.2 Å². The van der Waals surface area contributed by atoms with Gasteiger partial charge in [0.15, 0.2) is 5.78 Å². The van der Waals surface area contributed by atoms with Gasteiger partial charge in [-0.1, -0.05) is 152 Å². The van der Waals surface area contributed by atoms with Crippen molar-refractivity contribution in [1.82, 2.24) is 0 Å². The van der Waals surface area contributed by atoms with Crippen molar-refractivity contribution in [2.75, 3.05) is 0 Å². The Bertz CT molecular complexity index is 990. The van der Waals surface area contributed by atoms with Crippen LogP contribution in [0.1, 0.15) is 152 Å². The number of hydrogen-bond donors (Lipinski definition) is 1. The summed E-state index contributed by atoms with van der Waals surface area (Å²) in [6.45, 7) is 9.80. The molecular weight excluding hydrogens is 492 g/mol. The van der Waals surface area contributed by atoms with Crippen LogP contribution in [0.3, 0.4) is 0 Å². The number of ketones is 2. The maximum absolute atomic E-state index is 13.8. The Morgan fingerprint density at radius 3 is 1.65 bits per heavy atom. The van der Waals surface area contributed by atoms with E-state index in [1.165, 1.54) is 71.1 Å². The first-order valence-electron chi connectivity index (χ1n) is 16.1. The van der Waals surface area contributed by atoms with E-state index in [1.807, 2.05) is 42.5 Å². The third kappa shape index (κ3) is 10.3. The SMILES string of the molecule is CCCCCCCCCCCCCCCC(=O)C(C)(Cc1ccccc1)C(C)(O)C(=O)c1ccc(C(C)C)cc1. The fourth-order valence-electron chi connectivity index (χ4n) is 5.68. The van der Waals surface area contributed by atoms with E-state index in [0.717, 1.165) is 30.4 Å². The molecule has 0 fully saturated rings. The van der Waals surface area contributed by atoms with Crippen LogP contribution in [0.15, 0.2) is 54.6 Å². The van der Waals surface area contributed by atoms with Crippen molar-refractivity contribution in [2.45, 2.75) is 142 Å². The van der Waals surface area contributed by atoms with Crippen LogP contribution < -0.4 is 0 Å². The van der Waals surface area contributed by atoms with E-state index in [4.69, 9.17) is 0 Å². The molecule has 1 N–H and O–H groups in total. The van der Waals surface area contributed by atoms with Crippen LogP contribution in [0.2, 0.25) is 0 Å². The van der Waals surface area contributed by atoms with Gasteiger partial charge < -0.3 is 5.11 Å². The zero-order valence-electron chi connectivity index (χ0n) is 26.1. The number of unbranched alkanes of at least 4 members (excludes halogenated alkanes) is 12. The van der Waals surface area contributed by atoms with Gasteiger partial charge in [0.25, 0.3) is 0 Å². The Labute approximate surface area is 245 Å². The monoisotopic (exact) mass is 548 g/mol. The molecule has 2 rings (SSSR count). The van der Waals surface area contributed by atoms with Crippen molar-refractivity contribution in [3.8, 4) is 0 Å². The van der Waals surface area contributed by atoms with Gasteiger partial charge in [-0.15, -0.1) is 0 Å². The summed E-state index contributed by atoms with van der Waals surface area (Å²) in [5, 5.41) is 11.8. The summed E-state index contributed by atoms with van der Waals surface area (Å²) in [5.41, 5.74) is -0.508. The van der Waals surface area contributed by atoms with Crippen molar-refractivity contribution in [2.24, 2.45) is 5.41 Å². The minimum atomic E-state index is -1.82. The Morgan fingerprint density at radius 1 is 0.700 bits per heavy atom. The second kappa shape index (κ2) is 17.5. The Morgan fingerprint density at radius 2 is 1.18 bits per heavy atom. The van der Waals surface area contributed by atoms with Gasteiger partial charge in [-0.2, -0.15) is 0 Å². The summed E-state index contributed by atoms with van der Waals surface area (Å²) in [6, 6.07) is 17.2. The molecule has 0 saturated heterocycles. The van der Waals surface area contributed by atoms with E-state index in [-0.39, 0.29) is 11.6 Å². The largest absolute Gasteiger partial charge is 0.381 e. The molecule has 2 atom stereocenters. The molecule has 0 bridgehead atoms. The van der Waals surface area contributed by atoms with Gasteiger partial charge in [0, 0.05) is 12.0 Å². The normalized spacial score (nSPS) is 14.6. The van der Waals surface area contributed by atoms with E-state index in [9.17, 15) is 14.7 Å². The molecule has 222 valence electrons. The molecule has 40 heavy (non-hydrogen) atoms. The van der Waals surface area contributed by atoms with Gasteiger partial charge in [-0.05, 0) is 43.7 Å². The zero-order valence-corrected chi connectivity index (χ0v) is 26.1. The third-order valence-corrected chi connectivity index (χ3v) is 8.88. The molecule has 0 aliphatic rings. The molecule has 0 spiro atoms. The lowest BCUT2D eigenvalue weighted by molar-refractivity contribution is -0.139. The summed E-state index contributed by atoms with van der Waals surface area (Å²) in [4.78, 5) is 27.5. The molecule has 0 heterocycles. The molecule has 3 heteroatoms. The second-order valence-electron chi connectivity index (χ2n) is 12.6. The highest BCUT2D eigenvalue weighted by Crippen LogP contribution is 2.40. The van der Waals surface area contributed by atoms with Gasteiger partial charge in [0.1, 0.15) is 11.4 Å². The lowest BCUT2D eigenvalue weighted by atomic mass is 9.64. The first kappa shape index (κ1) is 33.9. The van der Waals surface area contributed by atoms with Crippen LogP contribution in [0.5, 0.6) is 0 Å². The van der Waals surface area contributed by atoms with Gasteiger partial charge in [0.05, 0.1) is 5.41 Å². The number of carbonyl (C=O) groups excluding carboxylic acids is 2. The third-order valence-electron chi connectivity index (χ3n) is 8.88. The van der Waals surface area contributed by atoms with Gasteiger partial charge in [-0.3, -0.25) is 9.59 Å². The average molecular weight is 549 g/mol. The van der Waals surface area contributed by atoms with Crippen LogP contribution >= 0.6 is 0 Å². The minimum absolute atomic E-state index is 0.0309. The Balaban J connectivity index is 1.94. The van der Waals surface area contributed by atoms with Crippen LogP contribution in [0.25, 0.3) is 0 Å². The minimum Gasteiger partial charge on any atom is -0.381 e. The molecule has 3 nitrogen and oxygen atoms in total. The van der Waals surface area contributed by atoms with Crippen molar-refractivity contribution in [3.63, 3.8) is 0 Å². The number of hydrogen-bond acceptors (Lipinski definition) is 3. The predicted octanol–water partition coefficient (Wildman–Crippen LogP) is 10.0. The van der Waals surface area contributed by atoms with Crippen LogP contribution in [0.4, 0.5) is 0 Å². The first-order valence-corrected chi connectivity index (χ1v) is 16.1. The van der Waals surface area contributed by atoms with Crippen LogP contribution in [-0.4, -0.2) is 22.3 Å². The van der Waals surface area contributed by atoms with Crippen LogP contribution in [0, 0.1) is 5.41 Å². The van der Waals surface area contributed by atoms with Gasteiger partial charge >= 0.3 is 0 Å². The fourth-order valence-corrected chi connectivity index (χ4v) is 5.68. The Kier molecular flexibility index (Phi) is 14.9. The molecule has 0 aliphatic heterocycles. The number of Topliss-reactive ketones (excluding diaryl/α,β-unsaturated/α-hetero) is 2. The molecule has 0 aromatic heterocycles. The fraction of sp³-hybridized carbons (Fsp3) is 0.622. The second-order valence-corrected chi connectivity index (χ2v) is 12.6. The Hall–Kier alpha value is -2.26. The van der Waals surface area contributed by atoms with Crippen molar-refractivity contribution < 1.29 is 14.7 Å². The number of aliphatic hydroxyl groups is 1. The number of rotatable bonds is 21. The summed E-state index contributed by atoms with van der Waals surface area (Å²) in [6.07, 6.45) is 17.0. The number of carbonyl (C=O) groups is 2. The van der Waals surface area contributed by atoms with Crippen molar-refractivity contribution >= 4 is 11.6 Å². The molecular formula is C37H56O3. The molecule has 2 aromatic carbocycles. The molecule has 0 radical (unpaired) electrons. The molecule has 0 aliphatic carbocycles. The van der Waals surface area contributed by atoms with Crippen molar-refractivity contribution in [3.05, 3.63) is 71.3 Å². The summed E-state index contributed by atoms with van der Waals surface area (Å²) >= 11 is 0. The summed E-state index contributed by atoms with van der Waals surface area (Å²) in [5.74, 6) is -0.0635. The van der Waals surface area contributed by atoms with E-state index in [2.05, 4.69) is 20.8 Å².